The van der Waals surface area contributed by atoms with Crippen molar-refractivity contribution in [2.24, 2.45) is 0 Å². The van der Waals surface area contributed by atoms with E-state index >= 15 is 0 Å². The second kappa shape index (κ2) is 7.00. The van der Waals surface area contributed by atoms with Gasteiger partial charge in [-0.05, 0) is 6.92 Å². The number of H-pyrrole nitrogens is 1. The fourth-order valence-electron chi connectivity index (χ4n) is 1.63. The van der Waals surface area contributed by atoms with Gasteiger partial charge in [-0.1, -0.05) is 0 Å². The number of carboxylic acid groups (broad SMARTS) is 1. The summed E-state index contributed by atoms with van der Waals surface area (Å²) in [7, 11) is 0. The topological polar surface area (TPSA) is 135 Å². The molecule has 2 rings (SSSR count). The normalized spacial score (nSPS) is 10.6. The van der Waals surface area contributed by atoms with Crippen LogP contribution in [0.1, 0.15) is 11.8 Å². The van der Waals surface area contributed by atoms with Gasteiger partial charge in [0, 0.05) is 17.9 Å². The zero-order valence-electron chi connectivity index (χ0n) is 11.5. The summed E-state index contributed by atoms with van der Waals surface area (Å²) in [4.78, 5) is 37.7. The van der Waals surface area contributed by atoms with Gasteiger partial charge < -0.3 is 14.4 Å². The van der Waals surface area contributed by atoms with Gasteiger partial charge in [-0.3, -0.25) is 14.9 Å². The van der Waals surface area contributed by atoms with Crippen LogP contribution in [-0.2, 0) is 20.7 Å². The second-order valence-corrected chi connectivity index (χ2v) is 5.16. The van der Waals surface area contributed by atoms with Crippen LogP contribution in [0.2, 0.25) is 0 Å². The molecule has 0 bridgehead atoms. The van der Waals surface area contributed by atoms with Crippen LogP contribution in [0.4, 0.5) is 5.13 Å². The number of carbonyl (C=O) groups is 2. The van der Waals surface area contributed by atoms with Crippen molar-refractivity contribution in [2.75, 3.05) is 18.5 Å². The Labute approximate surface area is 127 Å². The first-order chi connectivity index (χ1) is 10.5. The van der Waals surface area contributed by atoms with E-state index in [1.807, 2.05) is 6.92 Å². The lowest BCUT2D eigenvalue weighted by Crippen LogP contribution is -2.21. The zero-order chi connectivity index (χ0) is 16.1. The SMILES string of the molecule is CCOCCc1sc(NC(=O)C(=O)O)nc1-c1cc(=O)[nH]o1. The van der Waals surface area contributed by atoms with Gasteiger partial charge in [0.15, 0.2) is 10.9 Å². The Morgan fingerprint density at radius 3 is 2.91 bits per heavy atom. The quantitative estimate of drug-likeness (QED) is 0.525. The fourth-order valence-corrected chi connectivity index (χ4v) is 2.57. The molecule has 0 aliphatic heterocycles. The van der Waals surface area contributed by atoms with Crippen molar-refractivity contribution in [1.29, 1.82) is 0 Å². The van der Waals surface area contributed by atoms with Gasteiger partial charge in [0.1, 0.15) is 5.69 Å². The lowest BCUT2D eigenvalue weighted by molar-refractivity contribution is -0.147. The molecule has 0 aliphatic carbocycles. The highest BCUT2D eigenvalue weighted by Crippen LogP contribution is 2.31. The maximum atomic E-state index is 11.2. The number of anilines is 1. The van der Waals surface area contributed by atoms with Crippen LogP contribution < -0.4 is 10.9 Å². The van der Waals surface area contributed by atoms with Crippen LogP contribution in [0.25, 0.3) is 11.5 Å². The van der Waals surface area contributed by atoms with Gasteiger partial charge in [-0.25, -0.2) is 9.78 Å². The number of rotatable bonds is 6. The number of carbonyl (C=O) groups excluding carboxylic acids is 1. The van der Waals surface area contributed by atoms with Crippen LogP contribution >= 0.6 is 11.3 Å². The van der Waals surface area contributed by atoms with E-state index in [9.17, 15) is 14.4 Å². The van der Waals surface area contributed by atoms with E-state index in [1.165, 1.54) is 6.07 Å². The Hall–Kier alpha value is -2.46. The highest BCUT2D eigenvalue weighted by Gasteiger charge is 2.19. The van der Waals surface area contributed by atoms with Crippen molar-refractivity contribution in [2.45, 2.75) is 13.3 Å². The minimum Gasteiger partial charge on any atom is -0.474 e. The third-order valence-electron chi connectivity index (χ3n) is 2.55. The van der Waals surface area contributed by atoms with Gasteiger partial charge in [0.05, 0.1) is 12.7 Å². The Balaban J connectivity index is 2.28. The third-order valence-corrected chi connectivity index (χ3v) is 3.58. The van der Waals surface area contributed by atoms with Gasteiger partial charge in [0.25, 0.3) is 5.56 Å². The Kier molecular flexibility index (Phi) is 5.07. The Morgan fingerprint density at radius 1 is 1.55 bits per heavy atom. The molecule has 22 heavy (non-hydrogen) atoms. The van der Waals surface area contributed by atoms with Crippen LogP contribution in [0.15, 0.2) is 15.4 Å². The molecule has 1 amide bonds. The number of amides is 1. The summed E-state index contributed by atoms with van der Waals surface area (Å²) in [6.45, 7) is 2.83. The molecule has 2 aromatic heterocycles. The number of carboxylic acids is 1. The average Bonchev–Trinajstić information content (AvgIpc) is 3.05. The standard InChI is InChI=1S/C12H13N3O6S/c1-2-20-4-3-7-9(6-5-8(16)15-21-6)13-12(22-7)14-10(17)11(18)19/h5H,2-4H2,1H3,(H,15,16)(H,18,19)(H,13,14,17). The van der Waals surface area contributed by atoms with Crippen LogP contribution in [-0.4, -0.2) is 40.3 Å². The number of hydrogen-bond donors (Lipinski definition) is 3. The van der Waals surface area contributed by atoms with Crippen molar-refractivity contribution < 1.29 is 24.0 Å². The van der Waals surface area contributed by atoms with Crippen molar-refractivity contribution in [3.63, 3.8) is 0 Å². The zero-order valence-corrected chi connectivity index (χ0v) is 12.4. The monoisotopic (exact) mass is 327 g/mol. The number of ether oxygens (including phenoxy) is 1. The molecule has 0 saturated heterocycles. The number of thiazole rings is 1. The van der Waals surface area contributed by atoms with Gasteiger partial charge >= 0.3 is 11.9 Å². The highest BCUT2D eigenvalue weighted by molar-refractivity contribution is 7.16. The summed E-state index contributed by atoms with van der Waals surface area (Å²) in [5.41, 5.74) is -0.0568. The van der Waals surface area contributed by atoms with Crippen molar-refractivity contribution in [3.05, 3.63) is 21.3 Å². The molecule has 0 saturated carbocycles. The first-order valence-electron chi connectivity index (χ1n) is 6.32. The number of nitrogens with one attached hydrogen (secondary N) is 2. The summed E-state index contributed by atoms with van der Waals surface area (Å²) < 4.78 is 10.3. The second-order valence-electron chi connectivity index (χ2n) is 4.07. The molecule has 3 N–H and O–H groups in total. The number of aromatic amines is 1. The molecular weight excluding hydrogens is 314 g/mol. The predicted octanol–water partition coefficient (Wildman–Crippen LogP) is 0.693. The van der Waals surface area contributed by atoms with E-state index in [-0.39, 0.29) is 10.9 Å². The van der Waals surface area contributed by atoms with Crippen molar-refractivity contribution in [3.8, 4) is 11.5 Å². The molecule has 9 nitrogen and oxygen atoms in total. The minimum absolute atomic E-state index is 0.109. The summed E-state index contributed by atoms with van der Waals surface area (Å²) in [6.07, 6.45) is 0.485. The van der Waals surface area contributed by atoms with E-state index < -0.39 is 17.4 Å². The predicted molar refractivity (Wildman–Crippen MR) is 76.9 cm³/mol. The maximum Gasteiger partial charge on any atom is 0.394 e. The van der Waals surface area contributed by atoms with Gasteiger partial charge in [-0.15, -0.1) is 11.3 Å². The molecule has 2 heterocycles. The minimum atomic E-state index is -1.61. The van der Waals surface area contributed by atoms with E-state index in [0.717, 1.165) is 11.3 Å². The fraction of sp³-hybridized carbons (Fsp3) is 0.333. The van der Waals surface area contributed by atoms with E-state index in [2.05, 4.69) is 15.5 Å². The smallest absolute Gasteiger partial charge is 0.394 e. The van der Waals surface area contributed by atoms with Crippen LogP contribution in [0.5, 0.6) is 0 Å². The third kappa shape index (κ3) is 3.80. The van der Waals surface area contributed by atoms with Crippen molar-refractivity contribution >= 4 is 28.3 Å². The molecule has 0 fully saturated rings. The van der Waals surface area contributed by atoms with E-state index in [0.29, 0.717) is 30.2 Å². The molecule has 0 atom stereocenters. The van der Waals surface area contributed by atoms with E-state index in [4.69, 9.17) is 14.4 Å². The Morgan fingerprint density at radius 2 is 2.32 bits per heavy atom. The summed E-state index contributed by atoms with van der Waals surface area (Å²) >= 11 is 1.10. The number of hydrogen-bond acceptors (Lipinski definition) is 7. The van der Waals surface area contributed by atoms with Gasteiger partial charge in [0.2, 0.25) is 0 Å². The summed E-state index contributed by atoms with van der Waals surface area (Å²) in [5, 5.41) is 13.0. The summed E-state index contributed by atoms with van der Waals surface area (Å²) in [6, 6.07) is 1.22. The summed E-state index contributed by atoms with van der Waals surface area (Å²) in [5.74, 6) is -2.59. The first kappa shape index (κ1) is 15.9. The van der Waals surface area contributed by atoms with Crippen LogP contribution in [0.3, 0.4) is 0 Å². The van der Waals surface area contributed by atoms with E-state index in [1.54, 1.807) is 0 Å². The largest absolute Gasteiger partial charge is 0.474 e. The lowest BCUT2D eigenvalue weighted by atomic mass is 10.2. The average molecular weight is 327 g/mol. The molecule has 2 aromatic rings. The van der Waals surface area contributed by atoms with Crippen molar-refractivity contribution in [1.82, 2.24) is 10.1 Å². The number of aromatic nitrogens is 2. The molecular formula is C12H13N3O6S. The molecule has 0 unspecified atom stereocenters. The maximum absolute atomic E-state index is 11.2. The number of nitrogens with zero attached hydrogens (tertiary/aromatic N) is 1. The Bertz CT molecular complexity index is 731. The highest BCUT2D eigenvalue weighted by atomic mass is 32.1. The van der Waals surface area contributed by atoms with Gasteiger partial charge in [-0.2, -0.15) is 5.16 Å². The molecule has 0 aromatic carbocycles. The number of aliphatic carboxylic acids is 1. The molecule has 118 valence electrons. The molecule has 0 aliphatic rings. The van der Waals surface area contributed by atoms with Crippen LogP contribution in [0, 0.1) is 0 Å². The first-order valence-corrected chi connectivity index (χ1v) is 7.13. The molecule has 0 radical (unpaired) electrons. The lowest BCUT2D eigenvalue weighted by Gasteiger charge is -1.99. The molecule has 10 heteroatoms. The molecule has 0 spiro atoms.